The molecule has 1 atom stereocenters. The van der Waals surface area contributed by atoms with Crippen LogP contribution in [0.2, 0.25) is 0 Å². The molecule has 0 saturated heterocycles. The molecule has 21 heavy (non-hydrogen) atoms. The highest BCUT2D eigenvalue weighted by molar-refractivity contribution is 14.1. The van der Waals surface area contributed by atoms with Crippen molar-refractivity contribution in [1.82, 2.24) is 9.97 Å². The number of hydrogen-bond acceptors (Lipinski definition) is 4. The van der Waals surface area contributed by atoms with Crippen molar-refractivity contribution in [1.29, 1.82) is 0 Å². The predicted octanol–water partition coefficient (Wildman–Crippen LogP) is 4.66. The fourth-order valence-corrected chi connectivity index (χ4v) is 3.69. The van der Waals surface area contributed by atoms with Gasteiger partial charge in [-0.05, 0) is 55.7 Å². The summed E-state index contributed by atoms with van der Waals surface area (Å²) in [6.07, 6.45) is 6.19. The summed E-state index contributed by atoms with van der Waals surface area (Å²) in [6, 6.07) is 0. The zero-order chi connectivity index (χ0) is 15.2. The van der Waals surface area contributed by atoms with E-state index in [1.54, 1.807) is 0 Å². The molecule has 0 bridgehead atoms. The summed E-state index contributed by atoms with van der Waals surface area (Å²) in [5.41, 5.74) is 1.23. The quantitative estimate of drug-likeness (QED) is 0.673. The van der Waals surface area contributed by atoms with Crippen molar-refractivity contribution >= 4 is 28.4 Å². The number of anilines is 1. The highest BCUT2D eigenvalue weighted by Gasteiger charge is 2.25. The first-order chi connectivity index (χ1) is 10.2. The van der Waals surface area contributed by atoms with Gasteiger partial charge in [-0.3, -0.25) is 0 Å². The van der Waals surface area contributed by atoms with Gasteiger partial charge in [0, 0.05) is 19.1 Å². The van der Waals surface area contributed by atoms with Crippen LogP contribution < -0.4 is 5.32 Å². The van der Waals surface area contributed by atoms with E-state index in [2.05, 4.69) is 34.8 Å². The van der Waals surface area contributed by atoms with Crippen LogP contribution >= 0.6 is 22.6 Å². The Kier molecular flexibility index (Phi) is 6.67. The summed E-state index contributed by atoms with van der Waals surface area (Å²) in [4.78, 5) is 9.56. The lowest BCUT2D eigenvalue weighted by Crippen LogP contribution is -2.15. The van der Waals surface area contributed by atoms with E-state index in [4.69, 9.17) is 14.7 Å². The van der Waals surface area contributed by atoms with Gasteiger partial charge in [-0.2, -0.15) is 0 Å². The zero-order valence-corrected chi connectivity index (χ0v) is 15.4. The zero-order valence-electron chi connectivity index (χ0n) is 13.3. The molecule has 1 unspecified atom stereocenters. The first-order valence-corrected chi connectivity index (χ1v) is 9.18. The maximum absolute atomic E-state index is 5.69. The molecule has 1 N–H and O–H groups in total. The molecule has 1 fully saturated rings. The third-order valence-electron chi connectivity index (χ3n) is 3.96. The SMILES string of the molecule is CCCNc1nc(C(C)OCC)nc(C2CCCC2)c1I. The Bertz CT molecular complexity index is 461. The van der Waals surface area contributed by atoms with Gasteiger partial charge in [-0.1, -0.05) is 19.8 Å². The summed E-state index contributed by atoms with van der Waals surface area (Å²) in [7, 11) is 0. The van der Waals surface area contributed by atoms with Crippen molar-refractivity contribution in [3.63, 3.8) is 0 Å². The highest BCUT2D eigenvalue weighted by atomic mass is 127. The monoisotopic (exact) mass is 403 g/mol. The number of hydrogen-bond donors (Lipinski definition) is 1. The lowest BCUT2D eigenvalue weighted by atomic mass is 10.0. The van der Waals surface area contributed by atoms with E-state index in [1.165, 1.54) is 34.9 Å². The third-order valence-corrected chi connectivity index (χ3v) is 5.02. The van der Waals surface area contributed by atoms with Crippen LogP contribution in [-0.4, -0.2) is 23.1 Å². The summed E-state index contributed by atoms with van der Waals surface area (Å²) < 4.78 is 6.88. The van der Waals surface area contributed by atoms with Crippen molar-refractivity contribution in [2.45, 2.75) is 64.9 Å². The van der Waals surface area contributed by atoms with E-state index in [0.717, 1.165) is 24.6 Å². The van der Waals surface area contributed by atoms with Gasteiger partial charge in [0.2, 0.25) is 0 Å². The fourth-order valence-electron chi connectivity index (χ4n) is 2.82. The molecule has 0 amide bonds. The molecule has 4 nitrogen and oxygen atoms in total. The second-order valence-electron chi connectivity index (χ2n) is 5.64. The summed E-state index contributed by atoms with van der Waals surface area (Å²) in [5.74, 6) is 2.39. The van der Waals surface area contributed by atoms with E-state index in [0.29, 0.717) is 12.5 Å². The first-order valence-electron chi connectivity index (χ1n) is 8.10. The van der Waals surface area contributed by atoms with E-state index >= 15 is 0 Å². The summed E-state index contributed by atoms with van der Waals surface area (Å²) in [6.45, 7) is 7.85. The number of nitrogens with one attached hydrogen (secondary N) is 1. The normalized spacial score (nSPS) is 17.1. The molecule has 0 radical (unpaired) electrons. The Morgan fingerprint density at radius 2 is 2.00 bits per heavy atom. The molecule has 1 aromatic rings. The number of nitrogens with zero attached hydrogens (tertiary/aromatic N) is 2. The second-order valence-corrected chi connectivity index (χ2v) is 6.71. The lowest BCUT2D eigenvalue weighted by Gasteiger charge is -2.19. The number of halogens is 1. The molecule has 1 aliphatic rings. The number of rotatable bonds is 7. The Hall–Kier alpha value is -0.430. The second kappa shape index (κ2) is 8.27. The van der Waals surface area contributed by atoms with Crippen molar-refractivity contribution in [3.8, 4) is 0 Å². The highest BCUT2D eigenvalue weighted by Crippen LogP contribution is 2.37. The largest absolute Gasteiger partial charge is 0.371 e. The molecule has 0 spiro atoms. The first kappa shape index (κ1) is 16.9. The molecule has 0 aliphatic heterocycles. The summed E-state index contributed by atoms with van der Waals surface area (Å²) in [5, 5.41) is 3.45. The molecule has 118 valence electrons. The van der Waals surface area contributed by atoms with Gasteiger partial charge in [-0.15, -0.1) is 0 Å². The third kappa shape index (κ3) is 4.28. The average molecular weight is 403 g/mol. The van der Waals surface area contributed by atoms with Crippen molar-refractivity contribution in [2.75, 3.05) is 18.5 Å². The fraction of sp³-hybridized carbons (Fsp3) is 0.750. The van der Waals surface area contributed by atoms with Crippen LogP contribution in [0.25, 0.3) is 0 Å². The molecule has 1 aromatic heterocycles. The molecule has 1 saturated carbocycles. The lowest BCUT2D eigenvalue weighted by molar-refractivity contribution is 0.0699. The van der Waals surface area contributed by atoms with Crippen LogP contribution in [0.5, 0.6) is 0 Å². The molecule has 1 aliphatic carbocycles. The van der Waals surface area contributed by atoms with E-state index < -0.39 is 0 Å². The number of ether oxygens (including phenoxy) is 1. The van der Waals surface area contributed by atoms with E-state index in [9.17, 15) is 0 Å². The molecule has 5 heteroatoms. The van der Waals surface area contributed by atoms with Gasteiger partial charge in [0.25, 0.3) is 0 Å². The Morgan fingerprint density at radius 1 is 1.29 bits per heavy atom. The molecule has 2 rings (SSSR count). The molecule has 0 aromatic carbocycles. The minimum absolute atomic E-state index is 0.0469. The molecular weight excluding hydrogens is 377 g/mol. The minimum Gasteiger partial charge on any atom is -0.371 e. The van der Waals surface area contributed by atoms with Crippen LogP contribution in [0.4, 0.5) is 5.82 Å². The van der Waals surface area contributed by atoms with Crippen molar-refractivity contribution in [2.24, 2.45) is 0 Å². The Labute approximate surface area is 141 Å². The van der Waals surface area contributed by atoms with E-state index in [1.807, 2.05) is 13.8 Å². The maximum Gasteiger partial charge on any atom is 0.159 e. The standard InChI is InChI=1S/C16H26IN3O/c1-4-10-18-16-13(17)14(12-8-6-7-9-12)19-15(20-16)11(3)21-5-2/h11-12H,4-10H2,1-3H3,(H,18,19,20). The van der Waals surface area contributed by atoms with E-state index in [-0.39, 0.29) is 6.10 Å². The van der Waals surface area contributed by atoms with Gasteiger partial charge >= 0.3 is 0 Å². The van der Waals surface area contributed by atoms with Crippen LogP contribution in [0.1, 0.15) is 76.4 Å². The topological polar surface area (TPSA) is 47.0 Å². The van der Waals surface area contributed by atoms with Crippen molar-refractivity contribution in [3.05, 3.63) is 15.1 Å². The van der Waals surface area contributed by atoms with Crippen LogP contribution in [-0.2, 0) is 4.74 Å². The van der Waals surface area contributed by atoms with Gasteiger partial charge in [0.05, 0.1) is 9.26 Å². The number of aromatic nitrogens is 2. The molecular formula is C16H26IN3O. The summed E-state index contributed by atoms with van der Waals surface area (Å²) >= 11 is 2.40. The minimum atomic E-state index is -0.0469. The average Bonchev–Trinajstić information content (AvgIpc) is 3.00. The van der Waals surface area contributed by atoms with Crippen LogP contribution in [0.3, 0.4) is 0 Å². The van der Waals surface area contributed by atoms with Gasteiger partial charge in [-0.25, -0.2) is 9.97 Å². The van der Waals surface area contributed by atoms with Gasteiger partial charge in [0.1, 0.15) is 11.9 Å². The Morgan fingerprint density at radius 3 is 2.62 bits per heavy atom. The Balaban J connectivity index is 2.34. The van der Waals surface area contributed by atoms with Crippen molar-refractivity contribution < 1.29 is 4.74 Å². The predicted molar refractivity (Wildman–Crippen MR) is 94.8 cm³/mol. The smallest absolute Gasteiger partial charge is 0.159 e. The molecule has 1 heterocycles. The van der Waals surface area contributed by atoms with Crippen LogP contribution in [0, 0.1) is 3.57 Å². The van der Waals surface area contributed by atoms with Gasteiger partial charge in [0.15, 0.2) is 5.82 Å². The van der Waals surface area contributed by atoms with Crippen LogP contribution in [0.15, 0.2) is 0 Å². The maximum atomic E-state index is 5.69. The van der Waals surface area contributed by atoms with Gasteiger partial charge < -0.3 is 10.1 Å².